The Morgan fingerprint density at radius 3 is 1.38 bits per heavy atom. The van der Waals surface area contributed by atoms with E-state index in [0.717, 1.165) is 22.7 Å². The number of benzene rings is 3. The highest BCUT2D eigenvalue weighted by molar-refractivity contribution is 5.81. The van der Waals surface area contributed by atoms with E-state index in [1.165, 1.54) is 22.4 Å². The van der Waals surface area contributed by atoms with Gasteiger partial charge in [-0.3, -0.25) is 0 Å². The molecule has 0 amide bonds. The maximum Gasteiger partial charge on any atom is 0.0520 e. The van der Waals surface area contributed by atoms with E-state index in [9.17, 15) is 0 Å². The number of nitrogen functional groups attached to an aromatic ring is 2. The Balaban J connectivity index is 2.22. The van der Waals surface area contributed by atoms with Crippen molar-refractivity contribution in [2.75, 3.05) is 16.4 Å². The van der Waals surface area contributed by atoms with Crippen LogP contribution < -0.4 is 16.4 Å². The first-order valence-corrected chi connectivity index (χ1v) is 8.05. The minimum Gasteiger partial charge on any atom is -0.399 e. The zero-order valence-electron chi connectivity index (χ0n) is 14.4. The Labute approximate surface area is 143 Å². The molecule has 3 rings (SSSR count). The van der Waals surface area contributed by atoms with E-state index in [4.69, 9.17) is 11.5 Å². The summed E-state index contributed by atoms with van der Waals surface area (Å²) >= 11 is 0. The molecule has 0 bridgehead atoms. The SMILES string of the molecule is Cc1cc(C)c(N(c2ccc(N)cc2)c2ccc(N)cc2)c(C)c1. The zero-order valence-corrected chi connectivity index (χ0v) is 14.4. The number of rotatable bonds is 3. The van der Waals surface area contributed by atoms with Gasteiger partial charge >= 0.3 is 0 Å². The molecule has 0 saturated heterocycles. The minimum absolute atomic E-state index is 0.758. The maximum atomic E-state index is 5.87. The van der Waals surface area contributed by atoms with Crippen molar-refractivity contribution in [2.45, 2.75) is 20.8 Å². The van der Waals surface area contributed by atoms with Gasteiger partial charge in [-0.05, 0) is 80.4 Å². The van der Waals surface area contributed by atoms with Gasteiger partial charge in [-0.25, -0.2) is 0 Å². The van der Waals surface area contributed by atoms with Crippen LogP contribution in [0, 0.1) is 20.8 Å². The van der Waals surface area contributed by atoms with Crippen molar-refractivity contribution in [3.8, 4) is 0 Å². The van der Waals surface area contributed by atoms with Crippen LogP contribution in [0.2, 0.25) is 0 Å². The fourth-order valence-electron chi connectivity index (χ4n) is 3.18. The van der Waals surface area contributed by atoms with E-state index in [-0.39, 0.29) is 0 Å². The van der Waals surface area contributed by atoms with Crippen molar-refractivity contribution in [2.24, 2.45) is 0 Å². The topological polar surface area (TPSA) is 55.3 Å². The quantitative estimate of drug-likeness (QED) is 0.649. The summed E-state index contributed by atoms with van der Waals surface area (Å²) in [5.74, 6) is 0. The van der Waals surface area contributed by atoms with Crippen molar-refractivity contribution in [3.05, 3.63) is 77.4 Å². The highest BCUT2D eigenvalue weighted by Crippen LogP contribution is 2.39. The monoisotopic (exact) mass is 317 g/mol. The third-order valence-corrected chi connectivity index (χ3v) is 4.16. The van der Waals surface area contributed by atoms with Crippen LogP contribution in [-0.2, 0) is 0 Å². The zero-order chi connectivity index (χ0) is 17.3. The number of nitrogens with zero attached hydrogens (tertiary/aromatic N) is 1. The van der Waals surface area contributed by atoms with Gasteiger partial charge in [0.05, 0.1) is 5.69 Å². The van der Waals surface area contributed by atoms with Gasteiger partial charge in [-0.2, -0.15) is 0 Å². The molecule has 4 N–H and O–H groups in total. The molecule has 0 aliphatic rings. The van der Waals surface area contributed by atoms with Crippen LogP contribution in [-0.4, -0.2) is 0 Å². The smallest absolute Gasteiger partial charge is 0.0520 e. The summed E-state index contributed by atoms with van der Waals surface area (Å²) in [6.07, 6.45) is 0. The summed E-state index contributed by atoms with van der Waals surface area (Å²) < 4.78 is 0. The molecule has 0 heterocycles. The molecule has 0 aliphatic carbocycles. The molecule has 24 heavy (non-hydrogen) atoms. The number of aryl methyl sites for hydroxylation is 3. The fraction of sp³-hybridized carbons (Fsp3) is 0.143. The van der Waals surface area contributed by atoms with E-state index in [2.05, 4.69) is 37.8 Å². The molecule has 3 aromatic carbocycles. The number of hydrogen-bond acceptors (Lipinski definition) is 3. The first-order chi connectivity index (χ1) is 11.5. The second kappa shape index (κ2) is 6.28. The molecule has 0 unspecified atom stereocenters. The van der Waals surface area contributed by atoms with Crippen molar-refractivity contribution >= 4 is 28.4 Å². The highest BCUT2D eigenvalue weighted by Gasteiger charge is 2.17. The van der Waals surface area contributed by atoms with E-state index in [1.54, 1.807) is 0 Å². The van der Waals surface area contributed by atoms with E-state index in [1.807, 2.05) is 48.5 Å². The standard InChI is InChI=1S/C21H23N3/c1-14-12-15(2)21(16(3)13-14)24(19-8-4-17(22)5-9-19)20-10-6-18(23)7-11-20/h4-13H,22-23H2,1-3H3. The average molecular weight is 317 g/mol. The van der Waals surface area contributed by atoms with Crippen LogP contribution in [0.15, 0.2) is 60.7 Å². The van der Waals surface area contributed by atoms with Gasteiger partial charge in [-0.1, -0.05) is 17.7 Å². The summed E-state index contributed by atoms with van der Waals surface area (Å²) in [7, 11) is 0. The predicted molar refractivity (Wildman–Crippen MR) is 104 cm³/mol. The molecule has 3 heteroatoms. The lowest BCUT2D eigenvalue weighted by atomic mass is 10.0. The second-order valence-corrected chi connectivity index (χ2v) is 6.27. The van der Waals surface area contributed by atoms with E-state index >= 15 is 0 Å². The number of hydrogen-bond donors (Lipinski definition) is 2. The van der Waals surface area contributed by atoms with Crippen molar-refractivity contribution in [3.63, 3.8) is 0 Å². The largest absolute Gasteiger partial charge is 0.399 e. The van der Waals surface area contributed by atoms with Gasteiger partial charge in [0.1, 0.15) is 0 Å². The van der Waals surface area contributed by atoms with Crippen molar-refractivity contribution in [1.82, 2.24) is 0 Å². The highest BCUT2D eigenvalue weighted by atomic mass is 15.1. The number of nitrogens with two attached hydrogens (primary N) is 2. The summed E-state index contributed by atoms with van der Waals surface area (Å²) in [4.78, 5) is 2.25. The molecule has 0 aromatic heterocycles. The van der Waals surface area contributed by atoms with Crippen LogP contribution in [0.5, 0.6) is 0 Å². The van der Waals surface area contributed by atoms with Gasteiger partial charge < -0.3 is 16.4 Å². The third kappa shape index (κ3) is 3.06. The van der Waals surface area contributed by atoms with Gasteiger partial charge in [0.25, 0.3) is 0 Å². The van der Waals surface area contributed by atoms with Crippen molar-refractivity contribution < 1.29 is 0 Å². The van der Waals surface area contributed by atoms with Crippen LogP contribution in [0.4, 0.5) is 28.4 Å². The molecule has 122 valence electrons. The molecule has 0 aliphatic heterocycles. The average Bonchev–Trinajstić information content (AvgIpc) is 2.53. The van der Waals surface area contributed by atoms with Crippen LogP contribution in [0.3, 0.4) is 0 Å². The lowest BCUT2D eigenvalue weighted by Crippen LogP contribution is -2.13. The van der Waals surface area contributed by atoms with Gasteiger partial charge in [0.15, 0.2) is 0 Å². The summed E-state index contributed by atoms with van der Waals surface area (Å²) in [6.45, 7) is 6.43. The summed E-state index contributed by atoms with van der Waals surface area (Å²) in [6, 6.07) is 20.3. The van der Waals surface area contributed by atoms with E-state index in [0.29, 0.717) is 0 Å². The third-order valence-electron chi connectivity index (χ3n) is 4.16. The maximum absolute atomic E-state index is 5.87. The Bertz CT molecular complexity index is 781. The molecular formula is C21H23N3. The minimum atomic E-state index is 0.758. The van der Waals surface area contributed by atoms with Gasteiger partial charge in [0.2, 0.25) is 0 Å². The molecule has 0 fully saturated rings. The normalized spacial score (nSPS) is 10.6. The molecule has 0 atom stereocenters. The Morgan fingerprint density at radius 2 is 1.00 bits per heavy atom. The Hall–Kier alpha value is -2.94. The molecule has 0 spiro atoms. The lowest BCUT2D eigenvalue weighted by molar-refractivity contribution is 1.20. The fourth-order valence-corrected chi connectivity index (χ4v) is 3.18. The van der Waals surface area contributed by atoms with Crippen LogP contribution >= 0.6 is 0 Å². The number of anilines is 5. The molecule has 3 aromatic rings. The van der Waals surface area contributed by atoms with Crippen molar-refractivity contribution in [1.29, 1.82) is 0 Å². The first-order valence-electron chi connectivity index (χ1n) is 8.05. The lowest BCUT2D eigenvalue weighted by Gasteiger charge is -2.29. The first kappa shape index (κ1) is 15.9. The molecule has 0 saturated carbocycles. The molecule has 3 nitrogen and oxygen atoms in total. The summed E-state index contributed by atoms with van der Waals surface area (Å²) in [5.41, 5.74) is 20.3. The molecule has 0 radical (unpaired) electrons. The second-order valence-electron chi connectivity index (χ2n) is 6.27. The van der Waals surface area contributed by atoms with E-state index < -0.39 is 0 Å². The van der Waals surface area contributed by atoms with Gasteiger partial charge in [-0.15, -0.1) is 0 Å². The Kier molecular flexibility index (Phi) is 4.17. The van der Waals surface area contributed by atoms with Gasteiger partial charge in [0, 0.05) is 22.7 Å². The predicted octanol–water partition coefficient (Wildman–Crippen LogP) is 5.25. The summed E-state index contributed by atoms with van der Waals surface area (Å²) in [5, 5.41) is 0. The molecular weight excluding hydrogens is 294 g/mol. The Morgan fingerprint density at radius 1 is 0.625 bits per heavy atom. The van der Waals surface area contributed by atoms with Crippen LogP contribution in [0.25, 0.3) is 0 Å². The van der Waals surface area contributed by atoms with Crippen LogP contribution in [0.1, 0.15) is 16.7 Å².